The van der Waals surface area contributed by atoms with E-state index in [4.69, 9.17) is 4.74 Å². The van der Waals surface area contributed by atoms with Gasteiger partial charge in [-0.15, -0.1) is 0 Å². The van der Waals surface area contributed by atoms with Gasteiger partial charge in [-0.25, -0.2) is 0 Å². The van der Waals surface area contributed by atoms with Gasteiger partial charge in [-0.2, -0.15) is 0 Å². The standard InChI is InChI=1S/C26H32N4O5/c1-18-6-4-8-22(19(18)2)27-12-14-28(15-13-27)26(32)21-7-5-11-29(17-21)25(31)20-9-10-23(30(33)34)24(16-20)35-3/h4,6,8-10,16,21H,5,7,11-15,17H2,1-3H3. The summed E-state index contributed by atoms with van der Waals surface area (Å²) in [6, 6.07) is 10.5. The number of anilines is 1. The summed E-state index contributed by atoms with van der Waals surface area (Å²) >= 11 is 0. The average Bonchev–Trinajstić information content (AvgIpc) is 2.89. The molecule has 2 fully saturated rings. The minimum atomic E-state index is -0.539. The van der Waals surface area contributed by atoms with Crippen LogP contribution in [0.25, 0.3) is 0 Å². The van der Waals surface area contributed by atoms with Crippen LogP contribution in [-0.4, -0.2) is 72.9 Å². The summed E-state index contributed by atoms with van der Waals surface area (Å²) in [5.74, 6) is -0.327. The Labute approximate surface area is 205 Å². The lowest BCUT2D eigenvalue weighted by Gasteiger charge is -2.40. The molecule has 0 aromatic heterocycles. The van der Waals surface area contributed by atoms with Gasteiger partial charge in [0.15, 0.2) is 5.75 Å². The fourth-order valence-electron chi connectivity index (χ4n) is 5.01. The van der Waals surface area contributed by atoms with E-state index >= 15 is 0 Å². The number of carbonyl (C=O) groups excluding carboxylic acids is 2. The lowest BCUT2D eigenvalue weighted by Crippen LogP contribution is -2.53. The lowest BCUT2D eigenvalue weighted by atomic mass is 9.95. The molecule has 2 aromatic carbocycles. The fourth-order valence-corrected chi connectivity index (χ4v) is 5.01. The second kappa shape index (κ2) is 10.3. The monoisotopic (exact) mass is 480 g/mol. The van der Waals surface area contributed by atoms with Crippen molar-refractivity contribution < 1.29 is 19.2 Å². The molecule has 1 unspecified atom stereocenters. The number of benzene rings is 2. The highest BCUT2D eigenvalue weighted by Gasteiger charge is 2.33. The Kier molecular flexibility index (Phi) is 7.23. The minimum Gasteiger partial charge on any atom is -0.490 e. The third kappa shape index (κ3) is 5.08. The highest BCUT2D eigenvalue weighted by Crippen LogP contribution is 2.29. The maximum absolute atomic E-state index is 13.3. The molecular formula is C26H32N4O5. The van der Waals surface area contributed by atoms with Gasteiger partial charge >= 0.3 is 5.69 Å². The van der Waals surface area contributed by atoms with Crippen LogP contribution < -0.4 is 9.64 Å². The number of rotatable bonds is 5. The Morgan fingerprint density at radius 3 is 2.46 bits per heavy atom. The van der Waals surface area contributed by atoms with Crippen molar-refractivity contribution in [3.05, 3.63) is 63.2 Å². The van der Waals surface area contributed by atoms with Crippen molar-refractivity contribution in [2.75, 3.05) is 51.3 Å². The van der Waals surface area contributed by atoms with Gasteiger partial charge in [0.1, 0.15) is 0 Å². The topological polar surface area (TPSA) is 96.2 Å². The third-order valence-corrected chi connectivity index (χ3v) is 7.19. The van der Waals surface area contributed by atoms with Crippen molar-refractivity contribution in [1.82, 2.24) is 9.80 Å². The number of methoxy groups -OCH3 is 1. The zero-order valence-corrected chi connectivity index (χ0v) is 20.5. The molecule has 35 heavy (non-hydrogen) atoms. The molecular weight excluding hydrogens is 448 g/mol. The zero-order valence-electron chi connectivity index (χ0n) is 20.5. The zero-order chi connectivity index (χ0) is 25.1. The molecule has 0 aliphatic carbocycles. The number of piperazine rings is 1. The maximum Gasteiger partial charge on any atom is 0.310 e. The molecule has 9 heteroatoms. The molecule has 2 heterocycles. The number of carbonyl (C=O) groups is 2. The number of likely N-dealkylation sites (tertiary alicyclic amines) is 1. The van der Waals surface area contributed by atoms with E-state index in [0.717, 1.165) is 25.9 Å². The van der Waals surface area contributed by atoms with Gasteiger partial charge in [-0.1, -0.05) is 12.1 Å². The molecule has 9 nitrogen and oxygen atoms in total. The fraction of sp³-hybridized carbons (Fsp3) is 0.462. The first-order valence-corrected chi connectivity index (χ1v) is 12.0. The minimum absolute atomic E-state index is 0.0483. The summed E-state index contributed by atoms with van der Waals surface area (Å²) in [4.78, 5) is 43.0. The quantitative estimate of drug-likeness (QED) is 0.481. The smallest absolute Gasteiger partial charge is 0.310 e. The summed E-state index contributed by atoms with van der Waals surface area (Å²) in [6.45, 7) is 8.06. The number of piperidine rings is 1. The van der Waals surface area contributed by atoms with Crippen LogP contribution in [0.15, 0.2) is 36.4 Å². The van der Waals surface area contributed by atoms with E-state index in [2.05, 4.69) is 36.9 Å². The van der Waals surface area contributed by atoms with E-state index in [1.165, 1.54) is 42.1 Å². The van der Waals surface area contributed by atoms with Crippen LogP contribution in [0.1, 0.15) is 34.3 Å². The first-order chi connectivity index (χ1) is 16.8. The van der Waals surface area contributed by atoms with Gasteiger partial charge < -0.3 is 19.4 Å². The van der Waals surface area contributed by atoms with Crippen LogP contribution in [0.5, 0.6) is 5.75 Å². The highest BCUT2D eigenvalue weighted by atomic mass is 16.6. The van der Waals surface area contributed by atoms with Crippen molar-refractivity contribution in [3.8, 4) is 5.75 Å². The number of aryl methyl sites for hydroxylation is 1. The van der Waals surface area contributed by atoms with Crippen molar-refractivity contribution in [3.63, 3.8) is 0 Å². The molecule has 2 amide bonds. The summed E-state index contributed by atoms with van der Waals surface area (Å²) in [6.07, 6.45) is 1.50. The number of nitro groups is 1. The van der Waals surface area contributed by atoms with E-state index < -0.39 is 4.92 Å². The Morgan fingerprint density at radius 1 is 1.03 bits per heavy atom. The largest absolute Gasteiger partial charge is 0.490 e. The Balaban J connectivity index is 1.38. The molecule has 0 bridgehead atoms. The molecule has 2 aromatic rings. The van der Waals surface area contributed by atoms with Gasteiger partial charge in [0.05, 0.1) is 18.0 Å². The van der Waals surface area contributed by atoms with E-state index in [0.29, 0.717) is 31.7 Å². The predicted molar refractivity (Wildman–Crippen MR) is 133 cm³/mol. The van der Waals surface area contributed by atoms with Gasteiger partial charge in [0.25, 0.3) is 5.91 Å². The number of hydrogen-bond acceptors (Lipinski definition) is 6. The SMILES string of the molecule is COc1cc(C(=O)N2CCCC(C(=O)N3CCN(c4cccc(C)c4C)CC3)C2)ccc1[N+](=O)[O-]. The van der Waals surface area contributed by atoms with Crippen molar-refractivity contribution in [2.45, 2.75) is 26.7 Å². The molecule has 0 spiro atoms. The van der Waals surface area contributed by atoms with Crippen molar-refractivity contribution in [1.29, 1.82) is 0 Å². The molecule has 2 saturated heterocycles. The second-order valence-corrected chi connectivity index (χ2v) is 9.27. The Hall–Kier alpha value is -3.62. The normalized spacial score (nSPS) is 18.4. The van der Waals surface area contributed by atoms with Gasteiger partial charge in [-0.3, -0.25) is 19.7 Å². The molecule has 2 aliphatic rings. The molecule has 0 N–H and O–H groups in total. The lowest BCUT2D eigenvalue weighted by molar-refractivity contribution is -0.385. The number of hydrogen-bond donors (Lipinski definition) is 0. The van der Waals surface area contributed by atoms with Crippen LogP contribution in [0.2, 0.25) is 0 Å². The molecule has 4 rings (SSSR count). The Bertz CT molecular complexity index is 1130. The van der Waals surface area contributed by atoms with E-state index in [1.54, 1.807) is 4.90 Å². The second-order valence-electron chi connectivity index (χ2n) is 9.27. The van der Waals surface area contributed by atoms with E-state index in [-0.39, 0.29) is 29.2 Å². The van der Waals surface area contributed by atoms with Crippen molar-refractivity contribution in [2.24, 2.45) is 5.92 Å². The van der Waals surface area contributed by atoms with Gasteiger partial charge in [0, 0.05) is 62.7 Å². The predicted octanol–water partition coefficient (Wildman–Crippen LogP) is 3.42. The number of ether oxygens (including phenoxy) is 1. The summed E-state index contributed by atoms with van der Waals surface area (Å²) in [5, 5.41) is 11.1. The molecule has 0 radical (unpaired) electrons. The van der Waals surface area contributed by atoms with Crippen LogP contribution >= 0.6 is 0 Å². The first-order valence-electron chi connectivity index (χ1n) is 12.0. The van der Waals surface area contributed by atoms with E-state index in [9.17, 15) is 19.7 Å². The van der Waals surface area contributed by atoms with Gasteiger partial charge in [-0.05, 0) is 49.9 Å². The number of nitro benzene ring substituents is 1. The highest BCUT2D eigenvalue weighted by molar-refractivity contribution is 5.95. The first kappa shape index (κ1) is 24.5. The third-order valence-electron chi connectivity index (χ3n) is 7.19. The van der Waals surface area contributed by atoms with E-state index in [1.807, 2.05) is 4.90 Å². The van der Waals surface area contributed by atoms with Crippen LogP contribution in [0.4, 0.5) is 11.4 Å². The summed E-state index contributed by atoms with van der Waals surface area (Å²) in [5.41, 5.74) is 3.90. The van der Waals surface area contributed by atoms with Crippen molar-refractivity contribution >= 4 is 23.2 Å². The Morgan fingerprint density at radius 2 is 1.77 bits per heavy atom. The van der Waals surface area contributed by atoms with Crippen LogP contribution in [-0.2, 0) is 4.79 Å². The van der Waals surface area contributed by atoms with Crippen LogP contribution in [0, 0.1) is 29.9 Å². The number of amides is 2. The molecule has 2 aliphatic heterocycles. The molecule has 1 atom stereocenters. The van der Waals surface area contributed by atoms with Gasteiger partial charge in [0.2, 0.25) is 5.91 Å². The summed E-state index contributed by atoms with van der Waals surface area (Å²) in [7, 11) is 1.34. The molecule has 186 valence electrons. The average molecular weight is 481 g/mol. The summed E-state index contributed by atoms with van der Waals surface area (Å²) < 4.78 is 5.10. The molecule has 0 saturated carbocycles. The number of nitrogens with zero attached hydrogens (tertiary/aromatic N) is 4. The van der Waals surface area contributed by atoms with Crippen LogP contribution in [0.3, 0.4) is 0 Å². The maximum atomic E-state index is 13.3.